The molecular weight excluding hydrogens is 534 g/mol. The maximum absolute atomic E-state index is 14.2. The van der Waals surface area contributed by atoms with Gasteiger partial charge in [-0.2, -0.15) is 26.3 Å². The highest BCUT2D eigenvalue weighted by atomic mass is 19.4. The second-order valence-electron chi connectivity index (χ2n) is 9.19. The number of halogens is 6. The smallest absolute Gasteiger partial charge is 0.432 e. The molecule has 2 aromatic rings. The fourth-order valence-electron chi connectivity index (χ4n) is 4.29. The Balaban J connectivity index is 2.34. The molecule has 39 heavy (non-hydrogen) atoms. The number of hydrogen-bond donors (Lipinski definition) is 0. The quantitative estimate of drug-likeness (QED) is 0.249. The van der Waals surface area contributed by atoms with Gasteiger partial charge in [0.15, 0.2) is 0 Å². The summed E-state index contributed by atoms with van der Waals surface area (Å²) in [5.41, 5.74) is -7.97. The summed E-state index contributed by atoms with van der Waals surface area (Å²) < 4.78 is 105. The number of methoxy groups -OCH3 is 2. The van der Waals surface area contributed by atoms with Crippen molar-refractivity contribution >= 4 is 11.9 Å². The van der Waals surface area contributed by atoms with Crippen LogP contribution < -0.4 is 0 Å². The molecule has 0 fully saturated rings. The third-order valence-electron chi connectivity index (χ3n) is 6.28. The molecule has 216 valence electrons. The molecule has 0 amide bonds. The van der Waals surface area contributed by atoms with Crippen molar-refractivity contribution in [3.63, 3.8) is 0 Å². The van der Waals surface area contributed by atoms with Gasteiger partial charge in [0.25, 0.3) is 11.2 Å². The fraction of sp³-hybridized carbons (Fsp3) is 0.481. The van der Waals surface area contributed by atoms with Gasteiger partial charge in [-0.1, -0.05) is 81.4 Å². The number of carbonyl (C=O) groups excluding carboxylic acids is 2. The summed E-state index contributed by atoms with van der Waals surface area (Å²) >= 11 is 0. The van der Waals surface area contributed by atoms with E-state index in [4.69, 9.17) is 14.2 Å². The van der Waals surface area contributed by atoms with Crippen LogP contribution in [-0.4, -0.2) is 51.2 Å². The van der Waals surface area contributed by atoms with Gasteiger partial charge in [0.2, 0.25) is 0 Å². The van der Waals surface area contributed by atoms with Crippen LogP contribution in [0.15, 0.2) is 60.7 Å². The van der Waals surface area contributed by atoms with Crippen LogP contribution in [0.25, 0.3) is 0 Å². The summed E-state index contributed by atoms with van der Waals surface area (Å²) in [6, 6.07) is 12.3. The summed E-state index contributed by atoms with van der Waals surface area (Å²) in [4.78, 5) is 25.9. The Morgan fingerprint density at radius 1 is 0.692 bits per heavy atom. The van der Waals surface area contributed by atoms with Gasteiger partial charge in [-0.3, -0.25) is 0 Å². The topological polar surface area (TPSA) is 71.1 Å². The van der Waals surface area contributed by atoms with E-state index in [9.17, 15) is 35.9 Å². The molecular formula is C27H30F6O6. The van der Waals surface area contributed by atoms with Gasteiger partial charge >= 0.3 is 24.3 Å². The Morgan fingerprint density at radius 2 is 1.08 bits per heavy atom. The lowest BCUT2D eigenvalue weighted by Gasteiger charge is -2.36. The standard InChI is InChI=1S/C27H30F6O6/c1-17(2)21(39-23(35)25(37-5,27(31,32)33)20-14-10-7-11-15-20)18(3)16-38-22(34)24(36-4,26(28,29)30)19-12-8-6-9-13-19/h6-15,17-18,21H,16H2,1-5H3/t18-,21-,24+,25+/m0/s1. The third-order valence-corrected chi connectivity index (χ3v) is 6.28. The first-order chi connectivity index (χ1) is 18.1. The Labute approximate surface area is 222 Å². The molecule has 0 unspecified atom stereocenters. The number of esters is 2. The van der Waals surface area contributed by atoms with E-state index in [1.165, 1.54) is 57.2 Å². The highest BCUT2D eigenvalue weighted by Gasteiger charge is 2.65. The van der Waals surface area contributed by atoms with Gasteiger partial charge in [-0.05, 0) is 5.92 Å². The van der Waals surface area contributed by atoms with E-state index in [0.29, 0.717) is 14.2 Å². The fourth-order valence-corrected chi connectivity index (χ4v) is 4.29. The zero-order valence-corrected chi connectivity index (χ0v) is 21.9. The lowest BCUT2D eigenvalue weighted by Crippen LogP contribution is -2.54. The van der Waals surface area contributed by atoms with Crippen LogP contribution >= 0.6 is 0 Å². The summed E-state index contributed by atoms with van der Waals surface area (Å²) in [6.45, 7) is 3.70. The Morgan fingerprint density at radius 3 is 1.41 bits per heavy atom. The average Bonchev–Trinajstić information content (AvgIpc) is 2.86. The van der Waals surface area contributed by atoms with Crippen LogP contribution in [0.1, 0.15) is 31.9 Å². The number of hydrogen-bond acceptors (Lipinski definition) is 6. The normalized spacial score (nSPS) is 17.0. The van der Waals surface area contributed by atoms with E-state index in [2.05, 4.69) is 4.74 Å². The highest BCUT2D eigenvalue weighted by molar-refractivity contribution is 5.83. The third kappa shape index (κ3) is 6.22. The van der Waals surface area contributed by atoms with E-state index >= 15 is 0 Å². The minimum atomic E-state index is -5.22. The van der Waals surface area contributed by atoms with Crippen molar-refractivity contribution in [3.05, 3.63) is 71.8 Å². The van der Waals surface area contributed by atoms with Gasteiger partial charge in [-0.15, -0.1) is 0 Å². The van der Waals surface area contributed by atoms with Crippen molar-refractivity contribution in [2.24, 2.45) is 11.8 Å². The molecule has 0 saturated carbocycles. The Kier molecular flexibility index (Phi) is 10.2. The van der Waals surface area contributed by atoms with Gasteiger partial charge in [0.05, 0.1) is 6.61 Å². The van der Waals surface area contributed by atoms with Gasteiger partial charge < -0.3 is 18.9 Å². The maximum Gasteiger partial charge on any atom is 0.432 e. The first-order valence-corrected chi connectivity index (χ1v) is 11.8. The minimum absolute atomic E-state index is 0.524. The molecule has 0 aliphatic heterocycles. The first-order valence-electron chi connectivity index (χ1n) is 11.8. The van der Waals surface area contributed by atoms with E-state index in [0.717, 1.165) is 24.3 Å². The number of benzene rings is 2. The monoisotopic (exact) mass is 564 g/mol. The Hall–Kier alpha value is -3.12. The summed E-state index contributed by atoms with van der Waals surface area (Å²) in [5, 5.41) is 0. The number of carbonyl (C=O) groups is 2. The van der Waals surface area contributed by atoms with Crippen LogP contribution in [0.2, 0.25) is 0 Å². The summed E-state index contributed by atoms with van der Waals surface area (Å²) in [6.07, 6.45) is -11.7. The maximum atomic E-state index is 14.2. The van der Waals surface area contributed by atoms with Crippen molar-refractivity contribution in [2.75, 3.05) is 20.8 Å². The average molecular weight is 565 g/mol. The summed E-state index contributed by atoms with van der Waals surface area (Å²) in [5.74, 6) is -5.19. The molecule has 0 aliphatic carbocycles. The largest absolute Gasteiger partial charge is 0.463 e. The molecule has 0 aliphatic rings. The molecule has 0 radical (unpaired) electrons. The molecule has 0 N–H and O–H groups in total. The molecule has 6 nitrogen and oxygen atoms in total. The van der Waals surface area contributed by atoms with E-state index in [1.54, 1.807) is 0 Å². The van der Waals surface area contributed by atoms with Crippen molar-refractivity contribution < 1.29 is 54.9 Å². The van der Waals surface area contributed by atoms with Gasteiger partial charge in [-0.25, -0.2) is 9.59 Å². The number of rotatable bonds is 11. The molecule has 2 rings (SSSR count). The lowest BCUT2D eigenvalue weighted by atomic mass is 9.91. The molecule has 0 saturated heterocycles. The van der Waals surface area contributed by atoms with E-state index in [1.807, 2.05) is 0 Å². The molecule has 0 bridgehead atoms. The molecule has 0 spiro atoms. The molecule has 4 atom stereocenters. The number of alkyl halides is 6. The Bertz CT molecular complexity index is 1090. The van der Waals surface area contributed by atoms with Crippen LogP contribution in [0, 0.1) is 11.8 Å². The van der Waals surface area contributed by atoms with Crippen molar-refractivity contribution in [1.82, 2.24) is 0 Å². The first kappa shape index (κ1) is 32.1. The zero-order chi connectivity index (χ0) is 29.6. The molecule has 12 heteroatoms. The predicted octanol–water partition coefficient (Wildman–Crippen LogP) is 5.94. The van der Waals surface area contributed by atoms with Crippen molar-refractivity contribution in [3.8, 4) is 0 Å². The van der Waals surface area contributed by atoms with Crippen LogP contribution in [0.5, 0.6) is 0 Å². The highest BCUT2D eigenvalue weighted by Crippen LogP contribution is 2.45. The summed E-state index contributed by atoms with van der Waals surface area (Å²) in [7, 11) is 1.41. The molecule has 0 heterocycles. The second kappa shape index (κ2) is 12.4. The van der Waals surface area contributed by atoms with E-state index in [-0.39, 0.29) is 0 Å². The van der Waals surface area contributed by atoms with Crippen molar-refractivity contribution in [2.45, 2.75) is 50.4 Å². The van der Waals surface area contributed by atoms with Crippen molar-refractivity contribution in [1.29, 1.82) is 0 Å². The molecule has 0 aromatic heterocycles. The van der Waals surface area contributed by atoms with Crippen LogP contribution in [-0.2, 0) is 39.7 Å². The number of ether oxygens (including phenoxy) is 4. The minimum Gasteiger partial charge on any atom is -0.463 e. The lowest BCUT2D eigenvalue weighted by molar-refractivity contribution is -0.280. The van der Waals surface area contributed by atoms with Crippen LogP contribution in [0.3, 0.4) is 0 Å². The van der Waals surface area contributed by atoms with Crippen LogP contribution in [0.4, 0.5) is 26.3 Å². The second-order valence-corrected chi connectivity index (χ2v) is 9.19. The van der Waals surface area contributed by atoms with Gasteiger partial charge in [0.1, 0.15) is 6.10 Å². The molecule has 2 aromatic carbocycles. The zero-order valence-electron chi connectivity index (χ0n) is 21.9. The van der Waals surface area contributed by atoms with Gasteiger partial charge in [0, 0.05) is 31.3 Å². The predicted molar refractivity (Wildman–Crippen MR) is 127 cm³/mol. The SMILES string of the molecule is CO[C@@](C(=O)OC[C@H](C)[C@@H](OC(=O)[C@](OC)(c1ccccc1)C(F)(F)F)C(C)C)(c1ccccc1)C(F)(F)F. The van der Waals surface area contributed by atoms with E-state index < -0.39 is 71.2 Å².